The van der Waals surface area contributed by atoms with Crippen LogP contribution in [0.5, 0.6) is 0 Å². The molecule has 2 nitrogen and oxygen atoms in total. The van der Waals surface area contributed by atoms with Crippen molar-refractivity contribution in [2.24, 2.45) is 5.92 Å². The van der Waals surface area contributed by atoms with Crippen molar-refractivity contribution in [1.82, 2.24) is 0 Å². The van der Waals surface area contributed by atoms with Crippen LogP contribution in [-0.2, 0) is 4.74 Å². The number of halogens is 1. The molecule has 11 heavy (non-hydrogen) atoms. The molecular formula is C8H13ClO2. The quantitative estimate of drug-likeness (QED) is 0.575. The van der Waals surface area contributed by atoms with Gasteiger partial charge in [-0.25, -0.2) is 4.79 Å². The fraction of sp³-hybridized carbons (Fsp3) is 0.875. The van der Waals surface area contributed by atoms with Gasteiger partial charge in [0.05, 0.1) is 0 Å². The van der Waals surface area contributed by atoms with E-state index < -0.39 is 5.43 Å². The Bertz CT molecular complexity index is 139. The van der Waals surface area contributed by atoms with Crippen molar-refractivity contribution in [3.05, 3.63) is 0 Å². The summed E-state index contributed by atoms with van der Waals surface area (Å²) in [5.41, 5.74) is -0.662. The molecule has 1 rings (SSSR count). The maximum atomic E-state index is 10.3. The second-order valence-corrected chi connectivity index (χ2v) is 3.55. The van der Waals surface area contributed by atoms with E-state index in [1.807, 2.05) is 0 Å². The second-order valence-electron chi connectivity index (χ2n) is 3.24. The van der Waals surface area contributed by atoms with E-state index in [1.165, 1.54) is 0 Å². The molecule has 1 saturated carbocycles. The molecular weight excluding hydrogens is 164 g/mol. The Morgan fingerprint density at radius 1 is 1.36 bits per heavy atom. The number of hydrogen-bond donors (Lipinski definition) is 0. The molecule has 1 fully saturated rings. The summed E-state index contributed by atoms with van der Waals surface area (Å²) in [5, 5.41) is 0. The minimum absolute atomic E-state index is 0.0798. The molecule has 0 aromatic carbocycles. The summed E-state index contributed by atoms with van der Waals surface area (Å²) in [4.78, 5) is 10.3. The van der Waals surface area contributed by atoms with Crippen molar-refractivity contribution >= 4 is 17.0 Å². The predicted octanol–water partition coefficient (Wildman–Crippen LogP) is 2.94. The van der Waals surface area contributed by atoms with Crippen molar-refractivity contribution in [3.8, 4) is 0 Å². The number of rotatable bonds is 1. The highest BCUT2D eigenvalue weighted by atomic mass is 35.5. The Morgan fingerprint density at radius 3 is 2.36 bits per heavy atom. The zero-order chi connectivity index (χ0) is 8.27. The highest BCUT2D eigenvalue weighted by Crippen LogP contribution is 2.25. The number of carbonyl (C=O) groups is 1. The van der Waals surface area contributed by atoms with Crippen LogP contribution in [0.3, 0.4) is 0 Å². The van der Waals surface area contributed by atoms with Crippen LogP contribution in [0.15, 0.2) is 0 Å². The molecule has 0 spiro atoms. The molecule has 0 aromatic heterocycles. The van der Waals surface area contributed by atoms with Crippen LogP contribution in [0.4, 0.5) is 4.79 Å². The van der Waals surface area contributed by atoms with Crippen LogP contribution in [0.1, 0.15) is 32.6 Å². The van der Waals surface area contributed by atoms with Gasteiger partial charge in [-0.2, -0.15) is 0 Å². The van der Waals surface area contributed by atoms with Gasteiger partial charge in [-0.05, 0) is 31.6 Å². The predicted molar refractivity (Wildman–Crippen MR) is 43.8 cm³/mol. The standard InChI is InChI=1S/C8H13ClO2/c1-6-2-4-7(5-3-6)11-8(9)10/h6-7H,2-5H2,1H3. The second kappa shape index (κ2) is 3.96. The van der Waals surface area contributed by atoms with Gasteiger partial charge >= 0.3 is 5.43 Å². The third-order valence-electron chi connectivity index (χ3n) is 2.22. The average molecular weight is 177 g/mol. The molecule has 0 N–H and O–H groups in total. The van der Waals surface area contributed by atoms with Crippen molar-refractivity contribution in [2.45, 2.75) is 38.7 Å². The first-order valence-electron chi connectivity index (χ1n) is 4.04. The lowest BCUT2D eigenvalue weighted by Crippen LogP contribution is -2.21. The summed E-state index contributed by atoms with van der Waals surface area (Å²) in [6.45, 7) is 2.22. The molecule has 64 valence electrons. The lowest BCUT2D eigenvalue weighted by Gasteiger charge is -2.24. The summed E-state index contributed by atoms with van der Waals surface area (Å²) >= 11 is 5.09. The topological polar surface area (TPSA) is 26.3 Å². The maximum absolute atomic E-state index is 10.3. The van der Waals surface area contributed by atoms with Gasteiger partial charge in [0.25, 0.3) is 0 Å². The molecule has 0 atom stereocenters. The Morgan fingerprint density at radius 2 is 1.91 bits per heavy atom. The molecule has 3 heteroatoms. The number of carbonyl (C=O) groups excluding carboxylic acids is 1. The van der Waals surface area contributed by atoms with Gasteiger partial charge < -0.3 is 4.74 Å². The van der Waals surface area contributed by atoms with Crippen molar-refractivity contribution in [2.75, 3.05) is 0 Å². The largest absolute Gasteiger partial charge is 0.450 e. The molecule has 1 aliphatic rings. The fourth-order valence-corrected chi connectivity index (χ4v) is 1.60. The van der Waals surface area contributed by atoms with Gasteiger partial charge in [-0.3, -0.25) is 0 Å². The van der Waals surface area contributed by atoms with Crippen molar-refractivity contribution in [3.63, 3.8) is 0 Å². The molecule has 0 bridgehead atoms. The Kier molecular flexibility index (Phi) is 3.18. The highest BCUT2D eigenvalue weighted by Gasteiger charge is 2.20. The first-order chi connectivity index (χ1) is 5.18. The van der Waals surface area contributed by atoms with Crippen LogP contribution in [0.25, 0.3) is 0 Å². The van der Waals surface area contributed by atoms with Crippen molar-refractivity contribution in [1.29, 1.82) is 0 Å². The smallest absolute Gasteiger partial charge is 0.404 e. The fourth-order valence-electron chi connectivity index (χ4n) is 1.48. The zero-order valence-electron chi connectivity index (χ0n) is 6.68. The van der Waals surface area contributed by atoms with E-state index in [4.69, 9.17) is 16.3 Å². The number of hydrogen-bond acceptors (Lipinski definition) is 2. The SMILES string of the molecule is CC1CCC(OC(=O)Cl)CC1. The zero-order valence-corrected chi connectivity index (χ0v) is 7.43. The molecule has 0 unspecified atom stereocenters. The normalized spacial score (nSPS) is 31.5. The summed E-state index contributed by atoms with van der Waals surface area (Å²) in [7, 11) is 0. The number of ether oxygens (including phenoxy) is 1. The molecule has 0 heterocycles. The summed E-state index contributed by atoms with van der Waals surface area (Å²) in [5.74, 6) is 0.778. The van der Waals surface area contributed by atoms with Gasteiger partial charge in [0, 0.05) is 11.6 Å². The van der Waals surface area contributed by atoms with Gasteiger partial charge in [-0.1, -0.05) is 6.92 Å². The first kappa shape index (κ1) is 8.85. The first-order valence-corrected chi connectivity index (χ1v) is 4.42. The van der Waals surface area contributed by atoms with E-state index in [2.05, 4.69) is 6.92 Å². The van der Waals surface area contributed by atoms with E-state index in [9.17, 15) is 4.79 Å². The highest BCUT2D eigenvalue weighted by molar-refractivity contribution is 6.61. The Hall–Kier alpha value is -0.240. The van der Waals surface area contributed by atoms with Gasteiger partial charge in [0.15, 0.2) is 0 Å². The van der Waals surface area contributed by atoms with E-state index >= 15 is 0 Å². The molecule has 0 saturated heterocycles. The van der Waals surface area contributed by atoms with Crippen LogP contribution in [-0.4, -0.2) is 11.5 Å². The van der Waals surface area contributed by atoms with Crippen LogP contribution >= 0.6 is 11.6 Å². The summed E-state index contributed by atoms with van der Waals surface area (Å²) in [6, 6.07) is 0. The van der Waals surface area contributed by atoms with E-state index in [0.717, 1.165) is 31.6 Å². The summed E-state index contributed by atoms with van der Waals surface area (Å²) < 4.78 is 4.87. The molecule has 0 amide bonds. The molecule has 1 aliphatic carbocycles. The van der Waals surface area contributed by atoms with Gasteiger partial charge in [-0.15, -0.1) is 0 Å². The Balaban J connectivity index is 2.22. The molecule has 0 aliphatic heterocycles. The summed E-state index contributed by atoms with van der Waals surface area (Å²) in [6.07, 6.45) is 4.32. The maximum Gasteiger partial charge on any atom is 0.404 e. The lowest BCUT2D eigenvalue weighted by molar-refractivity contribution is 0.0847. The minimum Gasteiger partial charge on any atom is -0.450 e. The van der Waals surface area contributed by atoms with Crippen LogP contribution < -0.4 is 0 Å². The monoisotopic (exact) mass is 176 g/mol. The Labute approximate surface area is 71.9 Å². The van der Waals surface area contributed by atoms with Crippen LogP contribution in [0, 0.1) is 5.92 Å². The van der Waals surface area contributed by atoms with Gasteiger partial charge in [0.2, 0.25) is 0 Å². The van der Waals surface area contributed by atoms with Crippen molar-refractivity contribution < 1.29 is 9.53 Å². The lowest BCUT2D eigenvalue weighted by atomic mass is 9.89. The third-order valence-corrected chi connectivity index (χ3v) is 2.31. The third kappa shape index (κ3) is 3.10. The van der Waals surface area contributed by atoms with E-state index in [0.29, 0.717) is 0 Å². The van der Waals surface area contributed by atoms with Crippen LogP contribution in [0.2, 0.25) is 0 Å². The molecule has 0 radical (unpaired) electrons. The average Bonchev–Trinajstić information content (AvgIpc) is 1.93. The van der Waals surface area contributed by atoms with E-state index in [-0.39, 0.29) is 6.10 Å². The van der Waals surface area contributed by atoms with E-state index in [1.54, 1.807) is 0 Å². The minimum atomic E-state index is -0.662. The molecule has 0 aromatic rings. The van der Waals surface area contributed by atoms with Gasteiger partial charge in [0.1, 0.15) is 6.10 Å².